The number of pyridine rings is 1. The van der Waals surface area contributed by atoms with E-state index in [0.29, 0.717) is 24.7 Å². The van der Waals surface area contributed by atoms with Crippen LogP contribution in [0.2, 0.25) is 0 Å². The minimum Gasteiger partial charge on any atom is -0.378 e. The Labute approximate surface area is 117 Å². The number of nitrogens with zero attached hydrogens (tertiary/aromatic N) is 3. The first-order chi connectivity index (χ1) is 9.69. The number of ether oxygens (including phenoxy) is 1. The molecule has 1 saturated heterocycles. The van der Waals surface area contributed by atoms with Crippen molar-refractivity contribution in [3.8, 4) is 0 Å². The molecule has 2 aromatic heterocycles. The van der Waals surface area contributed by atoms with Gasteiger partial charge in [0, 0.05) is 30.9 Å². The lowest BCUT2D eigenvalue weighted by Gasteiger charge is -2.27. The van der Waals surface area contributed by atoms with E-state index >= 15 is 0 Å². The van der Waals surface area contributed by atoms with Gasteiger partial charge in [-0.05, 0) is 18.6 Å². The van der Waals surface area contributed by atoms with Crippen LogP contribution in [0.3, 0.4) is 0 Å². The van der Waals surface area contributed by atoms with Crippen LogP contribution < -0.4 is 10.5 Å². The van der Waals surface area contributed by atoms with Gasteiger partial charge in [-0.15, -0.1) is 0 Å². The van der Waals surface area contributed by atoms with Crippen molar-refractivity contribution < 1.29 is 4.74 Å². The molecule has 2 aromatic rings. The molecule has 0 aromatic carbocycles. The number of aryl methyl sites for hydroxylation is 1. The Balaban J connectivity index is 2.19. The molecule has 3 rings (SSSR count). The molecule has 1 fully saturated rings. The van der Waals surface area contributed by atoms with E-state index in [-0.39, 0.29) is 5.56 Å². The van der Waals surface area contributed by atoms with Crippen LogP contribution in [-0.2, 0) is 4.74 Å². The summed E-state index contributed by atoms with van der Waals surface area (Å²) in [7, 11) is 0. The maximum atomic E-state index is 12.3. The molecule has 1 aliphatic rings. The van der Waals surface area contributed by atoms with Crippen molar-refractivity contribution in [2.45, 2.75) is 6.92 Å². The fraction of sp³-hybridized carbons (Fsp3) is 0.333. The molecule has 5 nitrogen and oxygen atoms in total. The average molecular weight is 271 g/mol. The first kappa shape index (κ1) is 12.9. The number of aromatic nitrogens is 2. The van der Waals surface area contributed by atoms with Crippen LogP contribution in [-0.4, -0.2) is 35.7 Å². The van der Waals surface area contributed by atoms with Crippen molar-refractivity contribution in [1.82, 2.24) is 9.38 Å². The summed E-state index contributed by atoms with van der Waals surface area (Å²) >= 11 is 0. The van der Waals surface area contributed by atoms with Gasteiger partial charge in [0.1, 0.15) is 11.5 Å². The third-order valence-electron chi connectivity index (χ3n) is 3.47. The largest absolute Gasteiger partial charge is 0.378 e. The summed E-state index contributed by atoms with van der Waals surface area (Å²) < 4.78 is 6.91. The Bertz CT molecular complexity index is 715. The van der Waals surface area contributed by atoms with E-state index in [0.717, 1.165) is 24.2 Å². The smallest absolute Gasteiger partial charge is 0.259 e. The van der Waals surface area contributed by atoms with E-state index in [1.807, 2.05) is 13.0 Å². The molecule has 5 heteroatoms. The normalized spacial score (nSPS) is 15.6. The highest BCUT2D eigenvalue weighted by atomic mass is 16.5. The van der Waals surface area contributed by atoms with Crippen molar-refractivity contribution in [1.29, 1.82) is 0 Å². The van der Waals surface area contributed by atoms with E-state index in [9.17, 15) is 4.79 Å². The van der Waals surface area contributed by atoms with Crippen molar-refractivity contribution in [2.24, 2.45) is 0 Å². The number of hydrogen-bond donors (Lipinski definition) is 0. The second-order valence-electron chi connectivity index (χ2n) is 4.92. The second kappa shape index (κ2) is 5.09. The van der Waals surface area contributed by atoms with E-state index in [1.165, 1.54) is 0 Å². The summed E-state index contributed by atoms with van der Waals surface area (Å²) in [5.74, 6) is 0.713. The van der Waals surface area contributed by atoms with Gasteiger partial charge in [-0.2, -0.15) is 0 Å². The van der Waals surface area contributed by atoms with Gasteiger partial charge in [0.2, 0.25) is 0 Å². The molecule has 1 aliphatic heterocycles. The fourth-order valence-electron chi connectivity index (χ4n) is 2.46. The molecule has 3 heterocycles. The summed E-state index contributed by atoms with van der Waals surface area (Å²) in [4.78, 5) is 19.0. The molecule has 0 unspecified atom stereocenters. The Morgan fingerprint density at radius 1 is 1.35 bits per heavy atom. The van der Waals surface area contributed by atoms with E-state index < -0.39 is 0 Å². The fourth-order valence-corrected chi connectivity index (χ4v) is 2.46. The van der Waals surface area contributed by atoms with Crippen LogP contribution in [0.5, 0.6) is 0 Å². The molecule has 0 amide bonds. The zero-order chi connectivity index (χ0) is 14.1. The standard InChI is InChI=1S/C15H17N3O2/c1-3-12-8-11(2)10-18-14(19)9-13(16-15(12)18)17-4-6-20-7-5-17/h3,8-10H,1,4-7H2,2H3. The van der Waals surface area contributed by atoms with Gasteiger partial charge in [0.05, 0.1) is 13.2 Å². The van der Waals surface area contributed by atoms with Crippen molar-refractivity contribution in [3.05, 3.63) is 46.4 Å². The van der Waals surface area contributed by atoms with E-state index in [1.54, 1.807) is 22.7 Å². The summed E-state index contributed by atoms with van der Waals surface area (Å²) in [6.45, 7) is 8.62. The van der Waals surface area contributed by atoms with Gasteiger partial charge in [0.15, 0.2) is 0 Å². The maximum absolute atomic E-state index is 12.3. The van der Waals surface area contributed by atoms with Crippen LogP contribution in [0.25, 0.3) is 11.7 Å². The predicted molar refractivity (Wildman–Crippen MR) is 79.3 cm³/mol. The SMILES string of the molecule is C=Cc1cc(C)cn2c(=O)cc(N3CCOCC3)nc12. The van der Waals surface area contributed by atoms with Crippen LogP contribution in [0.1, 0.15) is 11.1 Å². The number of rotatable bonds is 2. The van der Waals surface area contributed by atoms with Crippen molar-refractivity contribution in [3.63, 3.8) is 0 Å². The van der Waals surface area contributed by atoms with Crippen LogP contribution in [0.15, 0.2) is 29.7 Å². The minimum atomic E-state index is -0.0664. The molecule has 0 radical (unpaired) electrons. The molecule has 0 saturated carbocycles. The molecule has 0 aliphatic carbocycles. The molecule has 20 heavy (non-hydrogen) atoms. The van der Waals surface area contributed by atoms with Crippen LogP contribution >= 0.6 is 0 Å². The molecular formula is C15H17N3O2. The second-order valence-corrected chi connectivity index (χ2v) is 4.92. The summed E-state index contributed by atoms with van der Waals surface area (Å²) in [6.07, 6.45) is 3.54. The Kier molecular flexibility index (Phi) is 3.28. The molecule has 0 bridgehead atoms. The highest BCUT2D eigenvalue weighted by Crippen LogP contribution is 2.16. The molecule has 0 atom stereocenters. The first-order valence-corrected chi connectivity index (χ1v) is 6.68. The lowest BCUT2D eigenvalue weighted by molar-refractivity contribution is 0.122. The summed E-state index contributed by atoms with van der Waals surface area (Å²) in [5.41, 5.74) is 2.47. The topological polar surface area (TPSA) is 46.8 Å². The van der Waals surface area contributed by atoms with Crippen molar-refractivity contribution >= 4 is 17.5 Å². The lowest BCUT2D eigenvalue weighted by atomic mass is 10.2. The molecule has 0 N–H and O–H groups in total. The molecule has 104 valence electrons. The number of anilines is 1. The third kappa shape index (κ3) is 2.20. The quantitative estimate of drug-likeness (QED) is 0.830. The highest BCUT2D eigenvalue weighted by molar-refractivity contribution is 5.66. The Morgan fingerprint density at radius 3 is 2.80 bits per heavy atom. The van der Waals surface area contributed by atoms with Gasteiger partial charge in [-0.1, -0.05) is 12.7 Å². The predicted octanol–water partition coefficient (Wildman–Crippen LogP) is 1.48. The molecule has 0 spiro atoms. The average Bonchev–Trinajstić information content (AvgIpc) is 2.48. The zero-order valence-electron chi connectivity index (χ0n) is 11.5. The third-order valence-corrected chi connectivity index (χ3v) is 3.47. The van der Waals surface area contributed by atoms with E-state index in [4.69, 9.17) is 4.74 Å². The molecular weight excluding hydrogens is 254 g/mol. The highest BCUT2D eigenvalue weighted by Gasteiger charge is 2.15. The van der Waals surface area contributed by atoms with Crippen LogP contribution in [0, 0.1) is 6.92 Å². The maximum Gasteiger partial charge on any atom is 0.259 e. The summed E-state index contributed by atoms with van der Waals surface area (Å²) in [5, 5.41) is 0. The van der Waals surface area contributed by atoms with Crippen molar-refractivity contribution in [2.75, 3.05) is 31.2 Å². The van der Waals surface area contributed by atoms with E-state index in [2.05, 4.69) is 16.5 Å². The van der Waals surface area contributed by atoms with Crippen LogP contribution in [0.4, 0.5) is 5.82 Å². The number of hydrogen-bond acceptors (Lipinski definition) is 4. The van der Waals surface area contributed by atoms with Gasteiger partial charge in [-0.3, -0.25) is 9.20 Å². The summed E-state index contributed by atoms with van der Waals surface area (Å²) in [6, 6.07) is 3.57. The lowest BCUT2D eigenvalue weighted by Crippen LogP contribution is -2.37. The Morgan fingerprint density at radius 2 is 2.10 bits per heavy atom. The minimum absolute atomic E-state index is 0.0664. The number of morpholine rings is 1. The number of fused-ring (bicyclic) bond motifs is 1. The zero-order valence-corrected chi connectivity index (χ0v) is 11.5. The first-order valence-electron chi connectivity index (χ1n) is 6.68. The Hall–Kier alpha value is -2.14. The van der Waals surface area contributed by atoms with Gasteiger partial charge in [0.25, 0.3) is 5.56 Å². The van der Waals surface area contributed by atoms with Gasteiger partial charge >= 0.3 is 0 Å². The monoisotopic (exact) mass is 271 g/mol. The van der Waals surface area contributed by atoms with Gasteiger partial charge in [-0.25, -0.2) is 4.98 Å². The van der Waals surface area contributed by atoms with Gasteiger partial charge < -0.3 is 9.64 Å².